The van der Waals surface area contributed by atoms with Gasteiger partial charge in [0.05, 0.1) is 6.20 Å². The number of aryl methyl sites for hydroxylation is 3. The highest BCUT2D eigenvalue weighted by Crippen LogP contribution is 2.07. The minimum Gasteiger partial charge on any atom is -0.294 e. The molecule has 2 aromatic heterocycles. The Morgan fingerprint density at radius 2 is 2.18 bits per heavy atom. The van der Waals surface area contributed by atoms with Gasteiger partial charge in [-0.1, -0.05) is 0 Å². The first-order valence-electron chi connectivity index (χ1n) is 5.58. The van der Waals surface area contributed by atoms with E-state index in [0.717, 1.165) is 17.7 Å². The maximum Gasteiger partial charge on any atom is 0.164 e. The van der Waals surface area contributed by atoms with Crippen LogP contribution < -0.4 is 0 Å². The molecule has 2 aromatic rings. The average molecular weight is 229 g/mol. The zero-order valence-corrected chi connectivity index (χ0v) is 10.1. The molecule has 0 aromatic carbocycles. The van der Waals surface area contributed by atoms with Gasteiger partial charge in [-0.05, 0) is 31.0 Å². The molecule has 0 unspecified atom stereocenters. The van der Waals surface area contributed by atoms with Crippen LogP contribution in [0.2, 0.25) is 0 Å². The average Bonchev–Trinajstić information content (AvgIpc) is 2.73. The van der Waals surface area contributed by atoms with Crippen molar-refractivity contribution in [3.8, 4) is 0 Å². The van der Waals surface area contributed by atoms with E-state index in [2.05, 4.69) is 10.1 Å². The lowest BCUT2D eigenvalue weighted by Gasteiger charge is -2.00. The van der Waals surface area contributed by atoms with Gasteiger partial charge < -0.3 is 0 Å². The summed E-state index contributed by atoms with van der Waals surface area (Å²) in [5.41, 5.74) is 2.69. The van der Waals surface area contributed by atoms with Gasteiger partial charge in [0.15, 0.2) is 5.78 Å². The highest BCUT2D eigenvalue weighted by atomic mass is 16.1. The fourth-order valence-electron chi connectivity index (χ4n) is 1.64. The van der Waals surface area contributed by atoms with Crippen LogP contribution >= 0.6 is 0 Å². The summed E-state index contributed by atoms with van der Waals surface area (Å²) in [4.78, 5) is 16.0. The largest absolute Gasteiger partial charge is 0.294 e. The number of hydrogen-bond acceptors (Lipinski definition) is 3. The first-order chi connectivity index (χ1) is 8.15. The first kappa shape index (κ1) is 11.5. The summed E-state index contributed by atoms with van der Waals surface area (Å²) in [7, 11) is 1.87. The summed E-state index contributed by atoms with van der Waals surface area (Å²) in [6.07, 6.45) is 6.58. The van der Waals surface area contributed by atoms with Crippen molar-refractivity contribution >= 4 is 5.78 Å². The lowest BCUT2D eigenvalue weighted by molar-refractivity contribution is 0.0982. The molecule has 4 nitrogen and oxygen atoms in total. The molecule has 2 rings (SSSR count). The van der Waals surface area contributed by atoms with E-state index in [0.29, 0.717) is 12.0 Å². The van der Waals surface area contributed by atoms with Gasteiger partial charge in [0, 0.05) is 37.1 Å². The van der Waals surface area contributed by atoms with Crippen LogP contribution in [-0.2, 0) is 13.5 Å². The molecule has 17 heavy (non-hydrogen) atoms. The van der Waals surface area contributed by atoms with Crippen molar-refractivity contribution in [3.63, 3.8) is 0 Å². The smallest absolute Gasteiger partial charge is 0.164 e. The van der Waals surface area contributed by atoms with Gasteiger partial charge in [0.25, 0.3) is 0 Å². The molecule has 0 bridgehead atoms. The van der Waals surface area contributed by atoms with Crippen LogP contribution in [0.1, 0.15) is 28.0 Å². The van der Waals surface area contributed by atoms with E-state index in [9.17, 15) is 4.79 Å². The van der Waals surface area contributed by atoms with E-state index in [1.165, 1.54) is 0 Å². The van der Waals surface area contributed by atoms with Gasteiger partial charge in [0.1, 0.15) is 0 Å². The van der Waals surface area contributed by atoms with Crippen LogP contribution in [0.5, 0.6) is 0 Å². The Balaban J connectivity index is 1.95. The van der Waals surface area contributed by atoms with Crippen molar-refractivity contribution in [1.29, 1.82) is 0 Å². The Morgan fingerprint density at radius 1 is 1.35 bits per heavy atom. The van der Waals surface area contributed by atoms with E-state index >= 15 is 0 Å². The molecule has 0 aliphatic heterocycles. The van der Waals surface area contributed by atoms with Crippen LogP contribution in [0.25, 0.3) is 0 Å². The fraction of sp³-hybridized carbons (Fsp3) is 0.308. The van der Waals surface area contributed by atoms with Crippen LogP contribution in [0, 0.1) is 6.92 Å². The van der Waals surface area contributed by atoms with E-state index in [1.54, 1.807) is 17.1 Å². The molecule has 2 heterocycles. The predicted molar refractivity (Wildman–Crippen MR) is 64.8 cm³/mol. The van der Waals surface area contributed by atoms with Crippen molar-refractivity contribution in [3.05, 3.63) is 47.5 Å². The van der Waals surface area contributed by atoms with Crippen LogP contribution in [0.4, 0.5) is 0 Å². The zero-order chi connectivity index (χ0) is 12.3. The number of carbonyl (C=O) groups excluding carboxylic acids is 1. The fourth-order valence-corrected chi connectivity index (χ4v) is 1.64. The number of aromatic nitrogens is 3. The second-order valence-corrected chi connectivity index (χ2v) is 4.13. The Hall–Kier alpha value is -1.97. The molecule has 0 fully saturated rings. The Bertz CT molecular complexity index is 514. The summed E-state index contributed by atoms with van der Waals surface area (Å²) in [6.45, 7) is 1.91. The van der Waals surface area contributed by atoms with Crippen LogP contribution in [0.3, 0.4) is 0 Å². The number of Topliss-reactive ketones (excluding diaryl/α,β-unsaturated/α-hetero) is 1. The van der Waals surface area contributed by atoms with E-state index in [-0.39, 0.29) is 5.78 Å². The quantitative estimate of drug-likeness (QED) is 0.753. The summed E-state index contributed by atoms with van der Waals surface area (Å²) in [5.74, 6) is 0.126. The molecule has 0 radical (unpaired) electrons. The molecule has 0 saturated carbocycles. The number of rotatable bonds is 4. The van der Waals surface area contributed by atoms with Gasteiger partial charge >= 0.3 is 0 Å². The van der Waals surface area contributed by atoms with Gasteiger partial charge in [-0.3, -0.25) is 14.5 Å². The molecule has 0 saturated heterocycles. The first-order valence-corrected chi connectivity index (χ1v) is 5.58. The standard InChI is InChI=1S/C13H15N3O/c1-10-3-5-12(8-14-10)13(17)6-4-11-7-15-16(2)9-11/h3,5,7-9H,4,6H2,1-2H3. The maximum absolute atomic E-state index is 11.9. The maximum atomic E-state index is 11.9. The zero-order valence-electron chi connectivity index (χ0n) is 10.1. The third kappa shape index (κ3) is 3.00. The third-order valence-corrected chi connectivity index (χ3v) is 2.63. The minimum absolute atomic E-state index is 0.126. The summed E-state index contributed by atoms with van der Waals surface area (Å²) < 4.78 is 1.74. The Labute approximate surface area is 100 Å². The summed E-state index contributed by atoms with van der Waals surface area (Å²) >= 11 is 0. The summed E-state index contributed by atoms with van der Waals surface area (Å²) in [6, 6.07) is 3.69. The monoisotopic (exact) mass is 229 g/mol. The number of hydrogen-bond donors (Lipinski definition) is 0. The topological polar surface area (TPSA) is 47.8 Å². The highest BCUT2D eigenvalue weighted by Gasteiger charge is 2.07. The molecule has 0 atom stereocenters. The highest BCUT2D eigenvalue weighted by molar-refractivity contribution is 5.95. The molecule has 0 aliphatic rings. The van der Waals surface area contributed by atoms with Gasteiger partial charge in [0.2, 0.25) is 0 Å². The summed E-state index contributed by atoms with van der Waals surface area (Å²) in [5, 5.41) is 4.07. The van der Waals surface area contributed by atoms with Crippen molar-refractivity contribution < 1.29 is 4.79 Å². The second kappa shape index (κ2) is 4.91. The SMILES string of the molecule is Cc1ccc(C(=O)CCc2cnn(C)c2)cn1. The third-order valence-electron chi connectivity index (χ3n) is 2.63. The molecule has 0 amide bonds. The number of nitrogens with zero attached hydrogens (tertiary/aromatic N) is 3. The van der Waals surface area contributed by atoms with Crippen molar-refractivity contribution in [2.24, 2.45) is 7.05 Å². The molecule has 4 heteroatoms. The van der Waals surface area contributed by atoms with Crippen molar-refractivity contribution in [2.45, 2.75) is 19.8 Å². The predicted octanol–water partition coefficient (Wildman–Crippen LogP) is 1.94. The Morgan fingerprint density at radius 3 is 2.76 bits per heavy atom. The van der Waals surface area contributed by atoms with E-state index in [1.807, 2.05) is 32.3 Å². The Kier molecular flexibility index (Phi) is 3.32. The lowest BCUT2D eigenvalue weighted by atomic mass is 10.1. The van der Waals surface area contributed by atoms with Gasteiger partial charge in [-0.15, -0.1) is 0 Å². The second-order valence-electron chi connectivity index (χ2n) is 4.13. The lowest BCUT2D eigenvalue weighted by Crippen LogP contribution is -2.01. The van der Waals surface area contributed by atoms with Crippen molar-refractivity contribution in [1.82, 2.24) is 14.8 Å². The molecule has 0 aliphatic carbocycles. The molecular formula is C13H15N3O. The van der Waals surface area contributed by atoms with Crippen LogP contribution in [0.15, 0.2) is 30.7 Å². The number of ketones is 1. The van der Waals surface area contributed by atoms with E-state index < -0.39 is 0 Å². The van der Waals surface area contributed by atoms with Gasteiger partial charge in [-0.2, -0.15) is 5.10 Å². The van der Waals surface area contributed by atoms with Crippen molar-refractivity contribution in [2.75, 3.05) is 0 Å². The van der Waals surface area contributed by atoms with E-state index in [4.69, 9.17) is 0 Å². The normalized spacial score (nSPS) is 10.5. The molecule has 88 valence electrons. The molecule has 0 N–H and O–H groups in total. The number of pyridine rings is 1. The van der Waals surface area contributed by atoms with Gasteiger partial charge in [-0.25, -0.2) is 0 Å². The minimum atomic E-state index is 0.126. The molecule has 0 spiro atoms. The number of carbonyl (C=O) groups is 1. The van der Waals surface area contributed by atoms with Crippen LogP contribution in [-0.4, -0.2) is 20.5 Å². The molecular weight excluding hydrogens is 214 g/mol.